The first kappa shape index (κ1) is 34.3. The molecule has 0 spiro atoms. The number of alkyl carbamates (subject to hydrolysis) is 1. The number of hydrogen-bond donors (Lipinski definition) is 2. The van der Waals surface area contributed by atoms with Crippen molar-refractivity contribution in [2.24, 2.45) is 5.92 Å². The highest BCUT2D eigenvalue weighted by Crippen LogP contribution is 2.43. The van der Waals surface area contributed by atoms with Gasteiger partial charge in [0.15, 0.2) is 0 Å². The molecule has 1 amide bonds. The molecule has 0 saturated heterocycles. The van der Waals surface area contributed by atoms with Gasteiger partial charge in [-0.15, -0.1) is 0 Å². The van der Waals surface area contributed by atoms with E-state index in [1.807, 2.05) is 21.1 Å². The number of unbranched alkanes of at least 4 members (excludes halogenated alkanes) is 13. The molecule has 0 aromatic rings. The van der Waals surface area contributed by atoms with Crippen LogP contribution >= 0.6 is 7.82 Å². The van der Waals surface area contributed by atoms with Crippen molar-refractivity contribution in [3.05, 3.63) is 0 Å². The molecule has 0 heterocycles. The van der Waals surface area contributed by atoms with Crippen molar-refractivity contribution in [1.82, 2.24) is 5.32 Å². The maximum atomic E-state index is 12.2. The SMILES string of the molecule is CCCCCCCCCCCCCCCCC(COC(=O)NC)COP(=O)(O)OCC[N+](C)(C)C. The lowest BCUT2D eigenvalue weighted by Crippen LogP contribution is -2.37. The highest BCUT2D eigenvalue weighted by Gasteiger charge is 2.25. The van der Waals surface area contributed by atoms with Crippen LogP contribution < -0.4 is 5.32 Å². The Labute approximate surface area is 215 Å². The Balaban J connectivity index is 4.02. The molecule has 0 saturated carbocycles. The van der Waals surface area contributed by atoms with E-state index in [-0.39, 0.29) is 25.7 Å². The summed E-state index contributed by atoms with van der Waals surface area (Å²) in [4.78, 5) is 21.4. The van der Waals surface area contributed by atoms with Crippen molar-refractivity contribution in [3.63, 3.8) is 0 Å². The maximum Gasteiger partial charge on any atom is 0.472 e. The van der Waals surface area contributed by atoms with Crippen molar-refractivity contribution >= 4 is 13.9 Å². The lowest BCUT2D eigenvalue weighted by Gasteiger charge is -2.24. The number of quaternary nitrogens is 1. The quantitative estimate of drug-likeness (QED) is 0.0834. The number of phosphoric ester groups is 1. The molecule has 0 rings (SSSR count). The Kier molecular flexibility index (Phi) is 21.0. The third-order valence-electron chi connectivity index (χ3n) is 6.11. The van der Waals surface area contributed by atoms with Gasteiger partial charge < -0.3 is 19.4 Å². The number of rotatable bonds is 24. The third kappa shape index (κ3) is 24.8. The molecule has 0 bridgehead atoms. The van der Waals surface area contributed by atoms with Gasteiger partial charge in [0, 0.05) is 13.0 Å². The van der Waals surface area contributed by atoms with E-state index in [1.165, 1.54) is 84.1 Å². The average molecular weight is 524 g/mol. The molecule has 0 aliphatic heterocycles. The number of nitrogens with zero attached hydrogens (tertiary/aromatic N) is 1. The first-order valence-corrected chi connectivity index (χ1v) is 15.4. The van der Waals surface area contributed by atoms with Crippen LogP contribution in [0.25, 0.3) is 0 Å². The van der Waals surface area contributed by atoms with Crippen molar-refractivity contribution in [2.45, 2.75) is 103 Å². The van der Waals surface area contributed by atoms with Gasteiger partial charge in [-0.2, -0.15) is 0 Å². The Hall–Kier alpha value is -0.660. The Morgan fingerprint density at radius 3 is 1.77 bits per heavy atom. The van der Waals surface area contributed by atoms with E-state index >= 15 is 0 Å². The standard InChI is InChI=1S/C26H55N2O6P/c1-6-7-8-9-10-11-12-13-14-15-16-17-18-19-20-25(23-32-26(29)27-2)24-34-35(30,31)33-22-21-28(3,4)5/h25H,6-24H2,1-5H3,(H-,27,29,30,31)/p+1. The summed E-state index contributed by atoms with van der Waals surface area (Å²) in [5, 5.41) is 2.42. The first-order valence-electron chi connectivity index (χ1n) is 13.9. The van der Waals surface area contributed by atoms with Gasteiger partial charge in [-0.1, -0.05) is 96.8 Å². The molecule has 0 aliphatic rings. The van der Waals surface area contributed by atoms with Gasteiger partial charge in [-0.3, -0.25) is 9.05 Å². The second-order valence-electron chi connectivity index (χ2n) is 10.7. The van der Waals surface area contributed by atoms with E-state index in [0.717, 1.165) is 19.3 Å². The predicted octanol–water partition coefficient (Wildman–Crippen LogP) is 6.67. The van der Waals surface area contributed by atoms with Crippen molar-refractivity contribution in [3.8, 4) is 0 Å². The molecule has 0 aromatic heterocycles. The van der Waals surface area contributed by atoms with Crippen LogP contribution in [0.5, 0.6) is 0 Å². The summed E-state index contributed by atoms with van der Waals surface area (Å²) in [5.41, 5.74) is 0. The smallest absolute Gasteiger partial charge is 0.449 e. The maximum absolute atomic E-state index is 12.2. The third-order valence-corrected chi connectivity index (χ3v) is 7.09. The first-order chi connectivity index (χ1) is 16.6. The summed E-state index contributed by atoms with van der Waals surface area (Å²) < 4.78 is 28.3. The fourth-order valence-electron chi connectivity index (χ4n) is 3.77. The average Bonchev–Trinajstić information content (AvgIpc) is 2.79. The zero-order valence-electron chi connectivity index (χ0n) is 23.4. The van der Waals surface area contributed by atoms with E-state index in [4.69, 9.17) is 13.8 Å². The molecule has 0 aromatic carbocycles. The van der Waals surface area contributed by atoms with Crippen molar-refractivity contribution < 1.29 is 32.5 Å². The van der Waals surface area contributed by atoms with Crippen molar-refractivity contribution in [1.29, 1.82) is 0 Å². The van der Waals surface area contributed by atoms with E-state index < -0.39 is 13.9 Å². The Bertz CT molecular complexity index is 556. The number of hydrogen-bond acceptors (Lipinski definition) is 5. The lowest BCUT2D eigenvalue weighted by atomic mass is 10.0. The molecule has 35 heavy (non-hydrogen) atoms. The molecule has 8 nitrogen and oxygen atoms in total. The van der Waals surface area contributed by atoms with Crippen LogP contribution in [0.1, 0.15) is 103 Å². The van der Waals surface area contributed by atoms with Gasteiger partial charge in [0.05, 0.1) is 34.4 Å². The van der Waals surface area contributed by atoms with Crippen LogP contribution in [0.4, 0.5) is 4.79 Å². The Morgan fingerprint density at radius 1 is 0.829 bits per heavy atom. The molecular formula is C26H56N2O6P+. The molecular weight excluding hydrogens is 467 g/mol. The zero-order valence-corrected chi connectivity index (χ0v) is 24.3. The van der Waals surface area contributed by atoms with E-state index in [1.54, 1.807) is 0 Å². The van der Waals surface area contributed by atoms with Crippen LogP contribution in [-0.4, -0.2) is 70.0 Å². The number of carbonyl (C=O) groups is 1. The largest absolute Gasteiger partial charge is 0.472 e. The Morgan fingerprint density at radius 2 is 1.31 bits per heavy atom. The molecule has 210 valence electrons. The number of phosphoric acid groups is 1. The van der Waals surface area contributed by atoms with Gasteiger partial charge in [-0.05, 0) is 6.42 Å². The van der Waals surface area contributed by atoms with Crippen molar-refractivity contribution in [2.75, 3.05) is 54.6 Å². The van der Waals surface area contributed by atoms with Gasteiger partial charge in [0.2, 0.25) is 0 Å². The van der Waals surface area contributed by atoms with E-state index in [0.29, 0.717) is 11.0 Å². The van der Waals surface area contributed by atoms with Gasteiger partial charge >= 0.3 is 13.9 Å². The summed E-state index contributed by atoms with van der Waals surface area (Å²) >= 11 is 0. The summed E-state index contributed by atoms with van der Waals surface area (Å²) in [5.74, 6) is -0.146. The van der Waals surface area contributed by atoms with E-state index in [2.05, 4.69) is 12.2 Å². The van der Waals surface area contributed by atoms with E-state index in [9.17, 15) is 14.3 Å². The molecule has 2 N–H and O–H groups in total. The summed E-state index contributed by atoms with van der Waals surface area (Å²) in [7, 11) is 3.32. The minimum absolute atomic E-state index is 0.0214. The molecule has 0 radical (unpaired) electrons. The van der Waals surface area contributed by atoms with Crippen LogP contribution in [0, 0.1) is 5.92 Å². The number of likely N-dealkylation sites (N-methyl/N-ethyl adjacent to an activating group) is 1. The predicted molar refractivity (Wildman–Crippen MR) is 143 cm³/mol. The summed E-state index contributed by atoms with van der Waals surface area (Å²) in [6.45, 7) is 3.16. The molecule has 2 atom stereocenters. The normalized spacial score (nSPS) is 14.5. The van der Waals surface area contributed by atoms with Gasteiger partial charge in [-0.25, -0.2) is 9.36 Å². The van der Waals surface area contributed by atoms with Gasteiger partial charge in [0.25, 0.3) is 0 Å². The van der Waals surface area contributed by atoms with Crippen LogP contribution in [0.15, 0.2) is 0 Å². The lowest BCUT2D eigenvalue weighted by molar-refractivity contribution is -0.870. The molecule has 0 fully saturated rings. The second-order valence-corrected chi connectivity index (χ2v) is 12.2. The molecule has 0 aliphatic carbocycles. The van der Waals surface area contributed by atoms with Crippen LogP contribution in [0.2, 0.25) is 0 Å². The fraction of sp³-hybridized carbons (Fsp3) is 0.962. The second kappa shape index (κ2) is 21.4. The number of ether oxygens (including phenoxy) is 1. The highest BCUT2D eigenvalue weighted by atomic mass is 31.2. The molecule has 2 unspecified atom stereocenters. The fourth-order valence-corrected chi connectivity index (χ4v) is 4.56. The monoisotopic (exact) mass is 523 g/mol. The summed E-state index contributed by atoms with van der Waals surface area (Å²) in [6.07, 6.45) is 18.4. The number of carbonyl (C=O) groups excluding carboxylic acids is 1. The highest BCUT2D eigenvalue weighted by molar-refractivity contribution is 7.47. The topological polar surface area (TPSA) is 94.1 Å². The number of nitrogens with one attached hydrogen (secondary N) is 1. The van der Waals surface area contributed by atoms with Crippen LogP contribution in [-0.2, 0) is 18.3 Å². The molecule has 9 heteroatoms. The van der Waals surface area contributed by atoms with Gasteiger partial charge in [0.1, 0.15) is 13.2 Å². The number of amides is 1. The minimum Gasteiger partial charge on any atom is -0.449 e. The zero-order chi connectivity index (χ0) is 26.4. The van der Waals surface area contributed by atoms with Crippen LogP contribution in [0.3, 0.4) is 0 Å². The minimum atomic E-state index is -4.13. The summed E-state index contributed by atoms with van der Waals surface area (Å²) in [6, 6.07) is 0.